The molecule has 0 saturated heterocycles. The molecule has 0 saturated carbocycles. The second kappa shape index (κ2) is 6.57. The molecule has 0 heterocycles. The normalized spacial score (nSPS) is 11.7. The molecule has 1 rings (SSSR count). The molecule has 1 nitrogen and oxygen atoms in total. The zero-order valence-corrected chi connectivity index (χ0v) is 11.8. The summed E-state index contributed by atoms with van der Waals surface area (Å²) in [5.41, 5.74) is 0.0562. The molecule has 0 atom stereocenters. The first-order chi connectivity index (χ1) is 8.40. The Morgan fingerprint density at radius 2 is 2.00 bits per heavy atom. The summed E-state index contributed by atoms with van der Waals surface area (Å²) < 4.78 is 38.9. The minimum Gasteiger partial charge on any atom is -0.373 e. The lowest BCUT2D eigenvalue weighted by Crippen LogP contribution is -2.23. The second-order valence-electron chi connectivity index (χ2n) is 3.90. The van der Waals surface area contributed by atoms with Gasteiger partial charge in [0.15, 0.2) is 0 Å². The minimum atomic E-state index is -4.36. The molecule has 0 aromatic heterocycles. The van der Waals surface area contributed by atoms with Crippen molar-refractivity contribution in [2.75, 3.05) is 30.5 Å². The Labute approximate surface area is 114 Å². The Morgan fingerprint density at radius 3 is 2.50 bits per heavy atom. The second-order valence-corrected chi connectivity index (χ2v) is 5.15. The maximum Gasteiger partial charge on any atom is 0.418 e. The Balaban J connectivity index is 3.10. The summed E-state index contributed by atoms with van der Waals surface area (Å²) in [5, 5.41) is 0. The quantitative estimate of drug-likeness (QED) is 0.748. The van der Waals surface area contributed by atoms with Crippen molar-refractivity contribution in [3.63, 3.8) is 0 Å². The van der Waals surface area contributed by atoms with E-state index in [1.165, 1.54) is 6.07 Å². The van der Waals surface area contributed by atoms with Crippen LogP contribution in [0.3, 0.4) is 0 Å². The summed E-state index contributed by atoms with van der Waals surface area (Å²) in [6.07, 6.45) is -2.43. The highest BCUT2D eigenvalue weighted by Crippen LogP contribution is 2.37. The zero-order valence-electron chi connectivity index (χ0n) is 10.2. The van der Waals surface area contributed by atoms with E-state index in [4.69, 9.17) is 11.6 Å². The number of hydrogen-bond donors (Lipinski definition) is 0. The number of hydrogen-bond acceptors (Lipinski definition) is 2. The van der Waals surface area contributed by atoms with E-state index in [-0.39, 0.29) is 11.6 Å². The lowest BCUT2D eigenvalue weighted by atomic mass is 10.1. The molecule has 0 aliphatic heterocycles. The topological polar surface area (TPSA) is 3.24 Å². The maximum absolute atomic E-state index is 13.0. The highest BCUT2D eigenvalue weighted by Gasteiger charge is 2.34. The van der Waals surface area contributed by atoms with Gasteiger partial charge in [0.1, 0.15) is 0 Å². The van der Waals surface area contributed by atoms with Crippen LogP contribution in [-0.2, 0) is 12.1 Å². The first kappa shape index (κ1) is 15.5. The number of nitrogens with zero attached hydrogens (tertiary/aromatic N) is 1. The number of thioether (sulfide) groups is 1. The van der Waals surface area contributed by atoms with Crippen molar-refractivity contribution in [3.8, 4) is 0 Å². The summed E-state index contributed by atoms with van der Waals surface area (Å²) in [7, 11) is 1.67. The van der Waals surface area contributed by atoms with Crippen molar-refractivity contribution in [2.45, 2.75) is 12.1 Å². The van der Waals surface area contributed by atoms with Gasteiger partial charge in [0.2, 0.25) is 0 Å². The van der Waals surface area contributed by atoms with Crippen molar-refractivity contribution in [2.24, 2.45) is 0 Å². The Kier molecular flexibility index (Phi) is 5.66. The molecular formula is C12H15ClF3NS. The largest absolute Gasteiger partial charge is 0.418 e. The summed E-state index contributed by atoms with van der Waals surface area (Å²) in [6.45, 7) is 0.574. The van der Waals surface area contributed by atoms with Crippen LogP contribution < -0.4 is 4.90 Å². The smallest absolute Gasteiger partial charge is 0.373 e. The molecule has 1 aromatic carbocycles. The van der Waals surface area contributed by atoms with Crippen LogP contribution >= 0.6 is 23.4 Å². The van der Waals surface area contributed by atoms with E-state index in [2.05, 4.69) is 0 Å². The molecule has 0 aliphatic rings. The molecule has 0 spiro atoms. The number of rotatable bonds is 5. The van der Waals surface area contributed by atoms with Gasteiger partial charge in [-0.1, -0.05) is 6.07 Å². The fraction of sp³-hybridized carbons (Fsp3) is 0.500. The molecule has 0 aliphatic carbocycles. The summed E-state index contributed by atoms with van der Waals surface area (Å²) in [5.74, 6) is 0.864. The van der Waals surface area contributed by atoms with Gasteiger partial charge in [-0.15, -0.1) is 11.6 Å². The third-order valence-electron chi connectivity index (χ3n) is 2.56. The standard InChI is InChI=1S/C12H15ClF3NS/c1-17(5-6-18-2)11-4-3-9(8-13)7-10(11)12(14,15)16/h3-4,7H,5-6,8H2,1-2H3. The fourth-order valence-electron chi connectivity index (χ4n) is 1.57. The average molecular weight is 298 g/mol. The van der Waals surface area contributed by atoms with Crippen LogP contribution in [0.4, 0.5) is 18.9 Å². The highest BCUT2D eigenvalue weighted by atomic mass is 35.5. The molecule has 0 amide bonds. The molecule has 0 fully saturated rings. The van der Waals surface area contributed by atoms with Gasteiger partial charge in [0.05, 0.1) is 5.56 Å². The van der Waals surface area contributed by atoms with Crippen LogP contribution in [0.1, 0.15) is 11.1 Å². The molecule has 18 heavy (non-hydrogen) atoms. The first-order valence-corrected chi connectivity index (χ1v) is 7.29. The van der Waals surface area contributed by atoms with Gasteiger partial charge < -0.3 is 4.90 Å². The monoisotopic (exact) mass is 297 g/mol. The number of halogens is 4. The van der Waals surface area contributed by atoms with E-state index in [1.54, 1.807) is 29.8 Å². The lowest BCUT2D eigenvalue weighted by molar-refractivity contribution is -0.137. The number of benzene rings is 1. The zero-order chi connectivity index (χ0) is 13.8. The summed E-state index contributed by atoms with van der Waals surface area (Å²) in [6, 6.07) is 4.24. The van der Waals surface area contributed by atoms with Crippen molar-refractivity contribution in [1.82, 2.24) is 0 Å². The van der Waals surface area contributed by atoms with Gasteiger partial charge in [-0.05, 0) is 24.0 Å². The van der Waals surface area contributed by atoms with Gasteiger partial charge in [0, 0.05) is 30.9 Å². The molecule has 0 N–H and O–H groups in total. The van der Waals surface area contributed by atoms with Crippen LogP contribution in [0.25, 0.3) is 0 Å². The third-order valence-corrected chi connectivity index (χ3v) is 3.46. The first-order valence-electron chi connectivity index (χ1n) is 5.36. The van der Waals surface area contributed by atoms with E-state index in [0.717, 1.165) is 11.8 Å². The van der Waals surface area contributed by atoms with Crippen LogP contribution in [-0.4, -0.2) is 25.6 Å². The van der Waals surface area contributed by atoms with E-state index in [0.29, 0.717) is 12.1 Å². The van der Waals surface area contributed by atoms with Crippen LogP contribution in [0.2, 0.25) is 0 Å². The predicted octanol–water partition coefficient (Wildman–Crippen LogP) is 4.24. The molecule has 1 aromatic rings. The lowest BCUT2D eigenvalue weighted by Gasteiger charge is -2.23. The van der Waals surface area contributed by atoms with E-state index in [1.807, 2.05) is 6.26 Å². The van der Waals surface area contributed by atoms with Crippen molar-refractivity contribution < 1.29 is 13.2 Å². The fourth-order valence-corrected chi connectivity index (χ4v) is 2.20. The number of anilines is 1. The van der Waals surface area contributed by atoms with Crippen molar-refractivity contribution >= 4 is 29.1 Å². The van der Waals surface area contributed by atoms with Crippen molar-refractivity contribution in [1.29, 1.82) is 0 Å². The van der Waals surface area contributed by atoms with Gasteiger partial charge >= 0.3 is 6.18 Å². The van der Waals surface area contributed by atoms with Crippen LogP contribution in [0.5, 0.6) is 0 Å². The van der Waals surface area contributed by atoms with E-state index >= 15 is 0 Å². The predicted molar refractivity (Wildman–Crippen MR) is 72.7 cm³/mol. The number of alkyl halides is 4. The third kappa shape index (κ3) is 3.99. The minimum absolute atomic E-state index is 0.0812. The van der Waals surface area contributed by atoms with E-state index < -0.39 is 11.7 Å². The van der Waals surface area contributed by atoms with Crippen molar-refractivity contribution in [3.05, 3.63) is 29.3 Å². The Bertz CT molecular complexity index is 395. The van der Waals surface area contributed by atoms with Gasteiger partial charge in [-0.25, -0.2) is 0 Å². The van der Waals surface area contributed by atoms with Crippen LogP contribution in [0.15, 0.2) is 18.2 Å². The van der Waals surface area contributed by atoms with Gasteiger partial charge in [-0.2, -0.15) is 24.9 Å². The molecule has 0 unspecified atom stereocenters. The summed E-state index contributed by atoms with van der Waals surface area (Å²) >= 11 is 7.18. The van der Waals surface area contributed by atoms with Crippen LogP contribution in [0, 0.1) is 0 Å². The molecular weight excluding hydrogens is 283 g/mol. The highest BCUT2D eigenvalue weighted by molar-refractivity contribution is 7.98. The Hall–Kier alpha value is -0.550. The molecule has 6 heteroatoms. The molecule has 0 radical (unpaired) electrons. The van der Waals surface area contributed by atoms with Gasteiger partial charge in [0.25, 0.3) is 0 Å². The Morgan fingerprint density at radius 1 is 1.33 bits per heavy atom. The molecule has 102 valence electrons. The maximum atomic E-state index is 13.0. The SMILES string of the molecule is CSCCN(C)c1ccc(CCl)cc1C(F)(F)F. The average Bonchev–Trinajstić information content (AvgIpc) is 2.34. The van der Waals surface area contributed by atoms with Gasteiger partial charge in [-0.3, -0.25) is 0 Å². The summed E-state index contributed by atoms with van der Waals surface area (Å²) in [4.78, 5) is 1.62. The van der Waals surface area contributed by atoms with E-state index in [9.17, 15) is 13.2 Å². The molecule has 0 bridgehead atoms.